The van der Waals surface area contributed by atoms with Crippen LogP contribution in [0.15, 0.2) is 77.7 Å². The predicted octanol–water partition coefficient (Wildman–Crippen LogP) is 4.41. The molecule has 0 saturated heterocycles. The van der Waals surface area contributed by atoms with Crippen LogP contribution in [0, 0.1) is 0 Å². The monoisotopic (exact) mass is 468 g/mol. The molecule has 3 aromatic carbocycles. The Kier molecular flexibility index (Phi) is 5.79. The zero-order valence-corrected chi connectivity index (χ0v) is 19.0. The first-order valence-corrected chi connectivity index (χ1v) is 11.9. The van der Waals surface area contributed by atoms with Gasteiger partial charge in [0.2, 0.25) is 0 Å². The molecular formula is C24H21ClN2O4S. The molecule has 0 aromatic heterocycles. The number of benzene rings is 3. The minimum absolute atomic E-state index is 0.0764. The van der Waals surface area contributed by atoms with Crippen molar-refractivity contribution >= 4 is 33.4 Å². The third-order valence-corrected chi connectivity index (χ3v) is 7.54. The molecule has 1 N–H and O–H groups in total. The Morgan fingerprint density at radius 2 is 1.56 bits per heavy atom. The highest BCUT2D eigenvalue weighted by atomic mass is 35.5. The highest BCUT2D eigenvalue weighted by molar-refractivity contribution is 7.90. The maximum atomic E-state index is 13.1. The van der Waals surface area contributed by atoms with Crippen LogP contribution in [0.5, 0.6) is 0 Å². The van der Waals surface area contributed by atoms with Crippen molar-refractivity contribution in [2.45, 2.75) is 30.8 Å². The first-order chi connectivity index (χ1) is 15.2. The van der Waals surface area contributed by atoms with Crippen LogP contribution in [-0.2, 0) is 10.0 Å². The van der Waals surface area contributed by atoms with E-state index in [0.717, 1.165) is 15.4 Å². The molecule has 0 fully saturated rings. The van der Waals surface area contributed by atoms with Crippen LogP contribution in [0.2, 0.25) is 5.02 Å². The highest BCUT2D eigenvalue weighted by Crippen LogP contribution is 2.33. The summed E-state index contributed by atoms with van der Waals surface area (Å²) in [5.74, 6) is -1.03. The number of fused-ring (bicyclic) bond motifs is 1. The standard InChI is InChI=1S/C24H21ClN2O4S/c1-15(2)27-24(29)20-13-10-18(14-21(20)32(27,30)31)23(28)26-22(16-6-4-3-5-7-16)17-8-11-19(25)12-9-17/h3-15,22H,1-2H3,(H,26,28). The topological polar surface area (TPSA) is 83.6 Å². The van der Waals surface area contributed by atoms with E-state index in [1.807, 2.05) is 42.5 Å². The molecule has 0 saturated carbocycles. The van der Waals surface area contributed by atoms with E-state index in [2.05, 4.69) is 5.32 Å². The van der Waals surface area contributed by atoms with E-state index in [1.54, 1.807) is 26.0 Å². The van der Waals surface area contributed by atoms with Crippen molar-refractivity contribution in [1.82, 2.24) is 9.62 Å². The molecule has 0 spiro atoms. The molecule has 1 atom stereocenters. The lowest BCUT2D eigenvalue weighted by molar-refractivity contribution is 0.0845. The van der Waals surface area contributed by atoms with Crippen molar-refractivity contribution in [2.24, 2.45) is 0 Å². The molecule has 1 aliphatic rings. The highest BCUT2D eigenvalue weighted by Gasteiger charge is 2.43. The van der Waals surface area contributed by atoms with Crippen molar-refractivity contribution < 1.29 is 18.0 Å². The summed E-state index contributed by atoms with van der Waals surface area (Å²) in [6.07, 6.45) is 0. The van der Waals surface area contributed by atoms with Gasteiger partial charge in [0.05, 0.1) is 11.6 Å². The van der Waals surface area contributed by atoms with E-state index >= 15 is 0 Å². The molecule has 0 bridgehead atoms. The normalized spacial score (nSPS) is 15.5. The van der Waals surface area contributed by atoms with Gasteiger partial charge in [-0.15, -0.1) is 0 Å². The van der Waals surface area contributed by atoms with Gasteiger partial charge < -0.3 is 5.32 Å². The Hall–Kier alpha value is -3.16. The second kappa shape index (κ2) is 8.41. The minimum atomic E-state index is -4.00. The lowest BCUT2D eigenvalue weighted by Gasteiger charge is -2.20. The number of carbonyl (C=O) groups excluding carboxylic acids is 2. The molecule has 0 aliphatic carbocycles. The van der Waals surface area contributed by atoms with Crippen molar-refractivity contribution in [3.8, 4) is 0 Å². The fourth-order valence-electron chi connectivity index (χ4n) is 3.77. The van der Waals surface area contributed by atoms with Gasteiger partial charge in [0.1, 0.15) is 4.90 Å². The number of amides is 2. The number of sulfonamides is 1. The van der Waals surface area contributed by atoms with E-state index in [-0.39, 0.29) is 16.0 Å². The average Bonchev–Trinajstić information content (AvgIpc) is 2.98. The zero-order valence-electron chi connectivity index (χ0n) is 17.4. The van der Waals surface area contributed by atoms with Gasteiger partial charge in [0, 0.05) is 16.6 Å². The Bertz CT molecular complexity index is 1290. The number of halogens is 1. The largest absolute Gasteiger partial charge is 0.341 e. The minimum Gasteiger partial charge on any atom is -0.341 e. The molecule has 3 aromatic rings. The van der Waals surface area contributed by atoms with E-state index in [4.69, 9.17) is 11.6 Å². The van der Waals surface area contributed by atoms with Crippen molar-refractivity contribution in [2.75, 3.05) is 0 Å². The second-order valence-corrected chi connectivity index (χ2v) is 10.00. The lowest BCUT2D eigenvalue weighted by atomic mass is 9.98. The van der Waals surface area contributed by atoms with Gasteiger partial charge in [-0.05, 0) is 55.3 Å². The Morgan fingerprint density at radius 1 is 0.938 bits per heavy atom. The molecule has 164 valence electrons. The van der Waals surface area contributed by atoms with Crippen LogP contribution in [0.25, 0.3) is 0 Å². The first-order valence-electron chi connectivity index (χ1n) is 10.0. The van der Waals surface area contributed by atoms with Gasteiger partial charge in [-0.3, -0.25) is 9.59 Å². The molecule has 2 amide bonds. The predicted molar refractivity (Wildman–Crippen MR) is 122 cm³/mol. The summed E-state index contributed by atoms with van der Waals surface area (Å²) < 4.78 is 26.6. The quantitative estimate of drug-likeness (QED) is 0.601. The van der Waals surface area contributed by atoms with Crippen LogP contribution in [0.3, 0.4) is 0 Å². The Balaban J connectivity index is 1.70. The number of nitrogens with zero attached hydrogens (tertiary/aromatic N) is 1. The van der Waals surface area contributed by atoms with Crippen molar-refractivity contribution in [1.29, 1.82) is 0 Å². The molecule has 4 rings (SSSR count). The fraction of sp³-hybridized carbons (Fsp3) is 0.167. The third-order valence-electron chi connectivity index (χ3n) is 5.29. The summed E-state index contributed by atoms with van der Waals surface area (Å²) in [6, 6.07) is 19.7. The summed E-state index contributed by atoms with van der Waals surface area (Å²) in [6.45, 7) is 3.26. The maximum absolute atomic E-state index is 13.1. The third kappa shape index (κ3) is 3.89. The number of rotatable bonds is 5. The average molecular weight is 469 g/mol. The molecule has 1 aliphatic heterocycles. The molecule has 8 heteroatoms. The molecule has 0 radical (unpaired) electrons. The van der Waals surface area contributed by atoms with Crippen LogP contribution < -0.4 is 5.32 Å². The molecule has 6 nitrogen and oxygen atoms in total. The number of carbonyl (C=O) groups is 2. The Labute approximate surface area is 191 Å². The zero-order chi connectivity index (χ0) is 23.0. The van der Waals surface area contributed by atoms with Gasteiger partial charge in [0.25, 0.3) is 21.8 Å². The van der Waals surface area contributed by atoms with Gasteiger partial charge in [-0.25, -0.2) is 12.7 Å². The number of hydrogen-bond donors (Lipinski definition) is 1. The van der Waals surface area contributed by atoms with Crippen LogP contribution in [-0.4, -0.2) is 30.6 Å². The van der Waals surface area contributed by atoms with Crippen LogP contribution >= 0.6 is 11.6 Å². The smallest absolute Gasteiger partial charge is 0.269 e. The molecule has 1 unspecified atom stereocenters. The van der Waals surface area contributed by atoms with E-state index < -0.39 is 33.9 Å². The molecule has 1 heterocycles. The van der Waals surface area contributed by atoms with E-state index in [9.17, 15) is 18.0 Å². The van der Waals surface area contributed by atoms with Crippen LogP contribution in [0.4, 0.5) is 0 Å². The molecule has 32 heavy (non-hydrogen) atoms. The van der Waals surface area contributed by atoms with Gasteiger partial charge >= 0.3 is 0 Å². The first kappa shape index (κ1) is 22.0. The van der Waals surface area contributed by atoms with E-state index in [0.29, 0.717) is 5.02 Å². The SMILES string of the molecule is CC(C)N1C(=O)c2ccc(C(=O)NC(c3ccccc3)c3ccc(Cl)cc3)cc2S1(=O)=O. The van der Waals surface area contributed by atoms with Gasteiger partial charge in [-0.1, -0.05) is 54.1 Å². The Morgan fingerprint density at radius 3 is 2.19 bits per heavy atom. The van der Waals surface area contributed by atoms with Crippen molar-refractivity contribution in [3.05, 3.63) is 100 Å². The molecular weight excluding hydrogens is 448 g/mol. The summed E-state index contributed by atoms with van der Waals surface area (Å²) in [4.78, 5) is 25.5. The maximum Gasteiger partial charge on any atom is 0.269 e. The van der Waals surface area contributed by atoms with Gasteiger partial charge in [0.15, 0.2) is 0 Å². The summed E-state index contributed by atoms with van der Waals surface area (Å²) in [7, 11) is -4.00. The summed E-state index contributed by atoms with van der Waals surface area (Å²) in [5.41, 5.74) is 1.91. The van der Waals surface area contributed by atoms with E-state index in [1.165, 1.54) is 18.2 Å². The second-order valence-electron chi connectivity index (χ2n) is 7.78. The van der Waals surface area contributed by atoms with Gasteiger partial charge in [-0.2, -0.15) is 0 Å². The number of nitrogens with one attached hydrogen (secondary N) is 1. The summed E-state index contributed by atoms with van der Waals surface area (Å²) >= 11 is 6.01. The van der Waals surface area contributed by atoms with Crippen molar-refractivity contribution in [3.63, 3.8) is 0 Å². The van der Waals surface area contributed by atoms with Crippen LogP contribution in [0.1, 0.15) is 51.7 Å². The summed E-state index contributed by atoms with van der Waals surface area (Å²) in [5, 5.41) is 3.55. The fourth-order valence-corrected chi connectivity index (χ4v) is 5.69. The lowest BCUT2D eigenvalue weighted by Crippen LogP contribution is -2.36. The number of hydrogen-bond acceptors (Lipinski definition) is 4.